The van der Waals surface area contributed by atoms with Crippen molar-refractivity contribution in [3.63, 3.8) is 0 Å². The van der Waals surface area contributed by atoms with Crippen molar-refractivity contribution in [2.24, 2.45) is 0 Å². The topological polar surface area (TPSA) is 35.5 Å². The fourth-order valence-electron chi connectivity index (χ4n) is 1.52. The van der Waals surface area contributed by atoms with Crippen molar-refractivity contribution < 1.29 is 5.11 Å². The van der Waals surface area contributed by atoms with Gasteiger partial charge in [0.25, 0.3) is 0 Å². The van der Waals surface area contributed by atoms with Crippen molar-refractivity contribution in [2.75, 3.05) is 13.1 Å². The van der Waals surface area contributed by atoms with E-state index in [9.17, 15) is 0 Å². The van der Waals surface area contributed by atoms with Crippen LogP contribution in [0.3, 0.4) is 0 Å². The van der Waals surface area contributed by atoms with Crippen LogP contribution in [0.1, 0.15) is 34.6 Å². The molecule has 0 aromatic carbocycles. The quantitative estimate of drug-likeness (QED) is 0.611. The van der Waals surface area contributed by atoms with Gasteiger partial charge >= 0.3 is 0 Å². The van der Waals surface area contributed by atoms with Gasteiger partial charge < -0.3 is 5.11 Å². The summed E-state index contributed by atoms with van der Waals surface area (Å²) < 4.78 is 0. The standard InChI is InChI=1S/C10H24N2O/c1-8(2)12(9(3)4)7-6-11-10(5)13/h8-11,13H,6-7H2,1-5H3. The molecule has 0 fully saturated rings. The molecule has 0 bridgehead atoms. The summed E-state index contributed by atoms with van der Waals surface area (Å²) in [5.74, 6) is 0. The molecule has 80 valence electrons. The molecule has 1 unspecified atom stereocenters. The Labute approximate surface area is 82.1 Å². The van der Waals surface area contributed by atoms with Crippen LogP contribution in [-0.4, -0.2) is 41.4 Å². The van der Waals surface area contributed by atoms with E-state index in [1.807, 2.05) is 0 Å². The summed E-state index contributed by atoms with van der Waals surface area (Å²) in [6.07, 6.45) is -0.402. The summed E-state index contributed by atoms with van der Waals surface area (Å²) in [6.45, 7) is 12.4. The number of nitrogens with one attached hydrogen (secondary N) is 1. The minimum atomic E-state index is -0.402. The van der Waals surface area contributed by atoms with Crippen LogP contribution in [0.2, 0.25) is 0 Å². The third-order valence-corrected chi connectivity index (χ3v) is 2.14. The van der Waals surface area contributed by atoms with Crippen molar-refractivity contribution in [2.45, 2.75) is 52.9 Å². The number of aliphatic hydroxyl groups is 1. The van der Waals surface area contributed by atoms with Crippen molar-refractivity contribution in [1.29, 1.82) is 0 Å². The van der Waals surface area contributed by atoms with Crippen LogP contribution in [0.4, 0.5) is 0 Å². The molecule has 0 rings (SSSR count). The van der Waals surface area contributed by atoms with E-state index in [2.05, 4.69) is 37.9 Å². The van der Waals surface area contributed by atoms with Gasteiger partial charge in [0.15, 0.2) is 0 Å². The van der Waals surface area contributed by atoms with E-state index < -0.39 is 6.23 Å². The minimum Gasteiger partial charge on any atom is -0.379 e. The molecule has 0 aliphatic heterocycles. The molecule has 13 heavy (non-hydrogen) atoms. The van der Waals surface area contributed by atoms with Crippen LogP contribution in [0, 0.1) is 0 Å². The fourth-order valence-corrected chi connectivity index (χ4v) is 1.52. The van der Waals surface area contributed by atoms with Crippen LogP contribution >= 0.6 is 0 Å². The van der Waals surface area contributed by atoms with E-state index in [1.54, 1.807) is 6.92 Å². The molecule has 0 radical (unpaired) electrons. The molecule has 0 aliphatic rings. The third kappa shape index (κ3) is 6.02. The van der Waals surface area contributed by atoms with E-state index in [0.29, 0.717) is 12.1 Å². The number of aliphatic hydroxyl groups excluding tert-OH is 1. The van der Waals surface area contributed by atoms with Gasteiger partial charge in [-0.2, -0.15) is 0 Å². The van der Waals surface area contributed by atoms with Gasteiger partial charge in [0.1, 0.15) is 6.23 Å². The van der Waals surface area contributed by atoms with Gasteiger partial charge in [0.2, 0.25) is 0 Å². The van der Waals surface area contributed by atoms with E-state index in [1.165, 1.54) is 0 Å². The molecule has 3 heteroatoms. The first-order chi connectivity index (χ1) is 5.95. The van der Waals surface area contributed by atoms with Crippen molar-refractivity contribution >= 4 is 0 Å². The first kappa shape index (κ1) is 12.9. The van der Waals surface area contributed by atoms with E-state index in [4.69, 9.17) is 5.11 Å². The molecule has 2 N–H and O–H groups in total. The molecule has 1 atom stereocenters. The Morgan fingerprint density at radius 2 is 1.54 bits per heavy atom. The second-order valence-electron chi connectivity index (χ2n) is 4.06. The van der Waals surface area contributed by atoms with Gasteiger partial charge in [-0.3, -0.25) is 10.2 Å². The smallest absolute Gasteiger partial charge is 0.102 e. The normalized spacial score (nSPS) is 14.5. The molecule has 0 spiro atoms. The summed E-state index contributed by atoms with van der Waals surface area (Å²) in [7, 11) is 0. The van der Waals surface area contributed by atoms with Crippen LogP contribution in [0.5, 0.6) is 0 Å². The average molecular weight is 188 g/mol. The SMILES string of the molecule is CC(O)NCCN(C(C)C)C(C)C. The van der Waals surface area contributed by atoms with E-state index in [-0.39, 0.29) is 0 Å². The van der Waals surface area contributed by atoms with Gasteiger partial charge in [0.05, 0.1) is 0 Å². The summed E-state index contributed by atoms with van der Waals surface area (Å²) in [5, 5.41) is 12.0. The monoisotopic (exact) mass is 188 g/mol. The van der Waals surface area contributed by atoms with Crippen LogP contribution < -0.4 is 5.32 Å². The van der Waals surface area contributed by atoms with Gasteiger partial charge in [0, 0.05) is 25.2 Å². The zero-order valence-corrected chi connectivity index (χ0v) is 9.54. The van der Waals surface area contributed by atoms with Crippen molar-refractivity contribution in [3.8, 4) is 0 Å². The third-order valence-electron chi connectivity index (χ3n) is 2.14. The van der Waals surface area contributed by atoms with Gasteiger partial charge in [-0.1, -0.05) is 0 Å². The predicted molar refractivity (Wildman–Crippen MR) is 56.7 cm³/mol. The lowest BCUT2D eigenvalue weighted by atomic mass is 10.2. The summed E-state index contributed by atoms with van der Waals surface area (Å²) in [4.78, 5) is 2.40. The molecule has 0 saturated carbocycles. The molecular formula is C10H24N2O. The van der Waals surface area contributed by atoms with Crippen molar-refractivity contribution in [1.82, 2.24) is 10.2 Å². The first-order valence-corrected chi connectivity index (χ1v) is 5.12. The zero-order valence-electron chi connectivity index (χ0n) is 9.54. The maximum absolute atomic E-state index is 9.01. The number of rotatable bonds is 6. The molecule has 0 heterocycles. The van der Waals surface area contributed by atoms with Crippen LogP contribution in [0.15, 0.2) is 0 Å². The summed E-state index contributed by atoms with van der Waals surface area (Å²) in [5.41, 5.74) is 0. The fraction of sp³-hybridized carbons (Fsp3) is 1.00. The number of nitrogens with zero attached hydrogens (tertiary/aromatic N) is 1. The highest BCUT2D eigenvalue weighted by Gasteiger charge is 2.12. The first-order valence-electron chi connectivity index (χ1n) is 5.12. The maximum Gasteiger partial charge on any atom is 0.102 e. The second kappa shape index (κ2) is 6.35. The molecule has 0 aliphatic carbocycles. The summed E-state index contributed by atoms with van der Waals surface area (Å²) in [6, 6.07) is 1.13. The molecule has 0 amide bonds. The molecule has 3 nitrogen and oxygen atoms in total. The molecular weight excluding hydrogens is 164 g/mol. The second-order valence-corrected chi connectivity index (χ2v) is 4.06. The van der Waals surface area contributed by atoms with Crippen LogP contribution in [0.25, 0.3) is 0 Å². The lowest BCUT2D eigenvalue weighted by Gasteiger charge is -2.30. The average Bonchev–Trinajstić information content (AvgIpc) is 1.95. The van der Waals surface area contributed by atoms with Gasteiger partial charge in [-0.25, -0.2) is 0 Å². The summed E-state index contributed by atoms with van der Waals surface area (Å²) >= 11 is 0. The molecule has 0 saturated heterocycles. The van der Waals surface area contributed by atoms with E-state index >= 15 is 0 Å². The van der Waals surface area contributed by atoms with Gasteiger partial charge in [-0.05, 0) is 34.6 Å². The lowest BCUT2D eigenvalue weighted by molar-refractivity contribution is 0.132. The highest BCUT2D eigenvalue weighted by atomic mass is 16.3. The Morgan fingerprint density at radius 1 is 1.08 bits per heavy atom. The Hall–Kier alpha value is -0.120. The number of hydrogen-bond donors (Lipinski definition) is 2. The lowest BCUT2D eigenvalue weighted by Crippen LogP contribution is -2.42. The Bertz CT molecular complexity index is 116. The Kier molecular flexibility index (Phi) is 6.29. The van der Waals surface area contributed by atoms with E-state index in [0.717, 1.165) is 13.1 Å². The predicted octanol–water partition coefficient (Wildman–Crippen LogP) is 1.03. The van der Waals surface area contributed by atoms with Gasteiger partial charge in [-0.15, -0.1) is 0 Å². The number of hydrogen-bond acceptors (Lipinski definition) is 3. The van der Waals surface area contributed by atoms with Crippen LogP contribution in [-0.2, 0) is 0 Å². The van der Waals surface area contributed by atoms with Crippen molar-refractivity contribution in [3.05, 3.63) is 0 Å². The molecule has 0 aromatic heterocycles. The highest BCUT2D eigenvalue weighted by molar-refractivity contribution is 4.68. The largest absolute Gasteiger partial charge is 0.379 e. The zero-order chi connectivity index (χ0) is 10.4. The Balaban J connectivity index is 3.70. The molecule has 0 aromatic rings. The maximum atomic E-state index is 9.01. The minimum absolute atomic E-state index is 0.402. The Morgan fingerprint density at radius 3 is 1.85 bits per heavy atom. The highest BCUT2D eigenvalue weighted by Crippen LogP contribution is 2.03.